The fourth-order valence-corrected chi connectivity index (χ4v) is 1.96. The topological polar surface area (TPSA) is 55.0 Å². The van der Waals surface area contributed by atoms with Crippen LogP contribution in [0.15, 0.2) is 18.2 Å². The molecule has 0 radical (unpaired) electrons. The number of methoxy groups -OCH3 is 1. The monoisotopic (exact) mass is 284 g/mol. The van der Waals surface area contributed by atoms with Gasteiger partial charge in [0.2, 0.25) is 0 Å². The number of esters is 1. The first kappa shape index (κ1) is 12.9. The van der Waals surface area contributed by atoms with Crippen LogP contribution in [0.4, 0.5) is 0 Å². The molecule has 0 bridgehead atoms. The third-order valence-corrected chi connectivity index (χ3v) is 3.29. The van der Waals surface area contributed by atoms with E-state index in [0.717, 1.165) is 0 Å². The lowest BCUT2D eigenvalue weighted by atomic mass is 10.2. The van der Waals surface area contributed by atoms with Gasteiger partial charge in [-0.1, -0.05) is 29.3 Å². The second-order valence-electron chi connectivity index (χ2n) is 3.65. The van der Waals surface area contributed by atoms with Gasteiger partial charge >= 0.3 is 5.97 Å². The van der Waals surface area contributed by atoms with E-state index in [-0.39, 0.29) is 5.69 Å². The number of benzene rings is 1. The van der Waals surface area contributed by atoms with E-state index in [9.17, 15) is 4.79 Å². The van der Waals surface area contributed by atoms with Gasteiger partial charge in [0.25, 0.3) is 0 Å². The number of hydrogen-bond acceptors (Lipinski definition) is 3. The Balaban J connectivity index is 2.53. The molecule has 1 aromatic carbocycles. The molecule has 94 valence electrons. The van der Waals surface area contributed by atoms with Crippen molar-refractivity contribution in [3.63, 3.8) is 0 Å². The first-order valence-electron chi connectivity index (χ1n) is 5.14. The zero-order valence-corrected chi connectivity index (χ0v) is 11.3. The van der Waals surface area contributed by atoms with Crippen LogP contribution in [0, 0.1) is 6.92 Å². The number of aromatic nitrogens is 2. The Labute approximate surface area is 114 Å². The average molecular weight is 285 g/mol. The Morgan fingerprint density at radius 3 is 2.78 bits per heavy atom. The molecule has 0 aliphatic rings. The van der Waals surface area contributed by atoms with Crippen molar-refractivity contribution in [3.05, 3.63) is 39.6 Å². The third kappa shape index (κ3) is 2.21. The number of H-pyrrole nitrogens is 1. The number of nitrogens with zero attached hydrogens (tertiary/aromatic N) is 1. The smallest absolute Gasteiger partial charge is 0.358 e. The number of aromatic amines is 1. The van der Waals surface area contributed by atoms with Gasteiger partial charge in [0.1, 0.15) is 5.82 Å². The fourth-order valence-electron chi connectivity index (χ4n) is 1.57. The number of carbonyl (C=O) groups is 1. The number of halogens is 2. The third-order valence-electron chi connectivity index (χ3n) is 2.47. The predicted molar refractivity (Wildman–Crippen MR) is 70.1 cm³/mol. The number of ether oxygens (including phenoxy) is 1. The molecular formula is C12H10Cl2N2O2. The summed E-state index contributed by atoms with van der Waals surface area (Å²) in [7, 11) is 1.31. The van der Waals surface area contributed by atoms with Crippen LogP contribution in [0.2, 0.25) is 10.0 Å². The highest BCUT2D eigenvalue weighted by atomic mass is 35.5. The summed E-state index contributed by atoms with van der Waals surface area (Å²) >= 11 is 12.0. The summed E-state index contributed by atoms with van der Waals surface area (Å²) in [4.78, 5) is 18.6. The lowest BCUT2D eigenvalue weighted by molar-refractivity contribution is 0.0594. The summed E-state index contributed by atoms with van der Waals surface area (Å²) in [5, 5.41) is 0.826. The molecule has 0 saturated carbocycles. The van der Waals surface area contributed by atoms with E-state index < -0.39 is 5.97 Å². The molecule has 1 N–H and O–H groups in total. The molecular weight excluding hydrogens is 275 g/mol. The predicted octanol–water partition coefficient (Wildman–Crippen LogP) is 3.48. The molecule has 0 saturated heterocycles. The van der Waals surface area contributed by atoms with E-state index in [1.54, 1.807) is 25.1 Å². The Morgan fingerprint density at radius 1 is 1.39 bits per heavy atom. The van der Waals surface area contributed by atoms with Crippen LogP contribution in [0.3, 0.4) is 0 Å². The summed E-state index contributed by atoms with van der Waals surface area (Å²) in [6.07, 6.45) is 0. The molecule has 0 aliphatic heterocycles. The summed E-state index contributed by atoms with van der Waals surface area (Å²) < 4.78 is 4.64. The van der Waals surface area contributed by atoms with Crippen molar-refractivity contribution in [1.29, 1.82) is 0 Å². The second kappa shape index (κ2) is 5.00. The zero-order chi connectivity index (χ0) is 13.3. The van der Waals surface area contributed by atoms with Gasteiger partial charge in [-0.3, -0.25) is 0 Å². The number of aryl methyl sites for hydroxylation is 1. The highest BCUT2D eigenvalue weighted by Gasteiger charge is 2.17. The Hall–Kier alpha value is -1.52. The molecule has 4 nitrogen and oxygen atoms in total. The van der Waals surface area contributed by atoms with Gasteiger partial charge in [-0.25, -0.2) is 9.78 Å². The van der Waals surface area contributed by atoms with Gasteiger partial charge in [0.15, 0.2) is 5.69 Å². The molecule has 0 atom stereocenters. The normalized spacial score (nSPS) is 10.4. The molecule has 1 heterocycles. The number of imidazole rings is 1. The van der Waals surface area contributed by atoms with Gasteiger partial charge in [0, 0.05) is 11.3 Å². The lowest BCUT2D eigenvalue weighted by Gasteiger charge is -2.01. The van der Waals surface area contributed by atoms with Crippen molar-refractivity contribution in [1.82, 2.24) is 9.97 Å². The van der Waals surface area contributed by atoms with Crippen LogP contribution < -0.4 is 0 Å². The average Bonchev–Trinajstić information content (AvgIpc) is 2.73. The Bertz CT molecular complexity index is 608. The molecule has 1 aromatic heterocycles. The molecule has 6 heteroatoms. The molecule has 0 fully saturated rings. The minimum Gasteiger partial charge on any atom is -0.464 e. The molecule has 0 amide bonds. The molecule has 0 aliphatic carbocycles. The van der Waals surface area contributed by atoms with Gasteiger partial charge < -0.3 is 9.72 Å². The van der Waals surface area contributed by atoms with Crippen LogP contribution in [0.1, 0.15) is 16.2 Å². The first-order chi connectivity index (χ1) is 8.54. The number of rotatable bonds is 2. The van der Waals surface area contributed by atoms with E-state index in [0.29, 0.717) is 27.1 Å². The van der Waals surface area contributed by atoms with Crippen LogP contribution in [0.25, 0.3) is 11.4 Å². The second-order valence-corrected chi connectivity index (χ2v) is 4.44. The zero-order valence-electron chi connectivity index (χ0n) is 9.75. The molecule has 0 spiro atoms. The summed E-state index contributed by atoms with van der Waals surface area (Å²) in [5.41, 5.74) is 1.50. The van der Waals surface area contributed by atoms with Crippen molar-refractivity contribution in [3.8, 4) is 11.4 Å². The largest absolute Gasteiger partial charge is 0.464 e. The van der Waals surface area contributed by atoms with Gasteiger partial charge in [0.05, 0.1) is 17.2 Å². The van der Waals surface area contributed by atoms with Gasteiger partial charge in [-0.15, -0.1) is 0 Å². The maximum absolute atomic E-state index is 11.5. The standard InChI is InChI=1S/C12H10Cl2N2O2/c1-6-10(12(17)18-2)16-11(15-6)7-4-3-5-8(13)9(7)14/h3-5H,1-2H3,(H,15,16). The SMILES string of the molecule is COC(=O)c1nc(-c2cccc(Cl)c2Cl)[nH]c1C. The maximum atomic E-state index is 11.5. The van der Waals surface area contributed by atoms with Gasteiger partial charge in [-0.05, 0) is 19.1 Å². The lowest BCUT2D eigenvalue weighted by Crippen LogP contribution is -2.03. The first-order valence-corrected chi connectivity index (χ1v) is 5.89. The van der Waals surface area contributed by atoms with Crippen LogP contribution in [0.5, 0.6) is 0 Å². The van der Waals surface area contributed by atoms with Crippen LogP contribution >= 0.6 is 23.2 Å². The van der Waals surface area contributed by atoms with E-state index >= 15 is 0 Å². The van der Waals surface area contributed by atoms with E-state index in [1.807, 2.05) is 0 Å². The molecule has 2 rings (SSSR count). The van der Waals surface area contributed by atoms with Crippen LogP contribution in [-0.2, 0) is 4.74 Å². The van der Waals surface area contributed by atoms with Crippen LogP contribution in [-0.4, -0.2) is 23.0 Å². The van der Waals surface area contributed by atoms with E-state index in [1.165, 1.54) is 7.11 Å². The quantitative estimate of drug-likeness (QED) is 0.859. The molecule has 0 unspecified atom stereocenters. The highest BCUT2D eigenvalue weighted by Crippen LogP contribution is 2.32. The number of carbonyl (C=O) groups excluding carboxylic acids is 1. The summed E-state index contributed by atoms with van der Waals surface area (Å²) in [6, 6.07) is 5.22. The van der Waals surface area contributed by atoms with Crippen molar-refractivity contribution >= 4 is 29.2 Å². The fraction of sp³-hybridized carbons (Fsp3) is 0.167. The number of hydrogen-bond donors (Lipinski definition) is 1. The minimum absolute atomic E-state index is 0.239. The Kier molecular flexibility index (Phi) is 3.59. The van der Waals surface area contributed by atoms with Crippen molar-refractivity contribution in [2.75, 3.05) is 7.11 Å². The van der Waals surface area contributed by atoms with Crippen molar-refractivity contribution in [2.24, 2.45) is 0 Å². The van der Waals surface area contributed by atoms with Crippen molar-refractivity contribution < 1.29 is 9.53 Å². The summed E-state index contributed by atoms with van der Waals surface area (Å²) in [6.45, 7) is 1.74. The minimum atomic E-state index is -0.492. The van der Waals surface area contributed by atoms with Gasteiger partial charge in [-0.2, -0.15) is 0 Å². The Morgan fingerprint density at radius 2 is 2.11 bits per heavy atom. The van der Waals surface area contributed by atoms with E-state index in [4.69, 9.17) is 23.2 Å². The molecule has 2 aromatic rings. The summed E-state index contributed by atoms with van der Waals surface area (Å²) in [5.74, 6) is -0.00597. The number of nitrogens with one attached hydrogen (secondary N) is 1. The maximum Gasteiger partial charge on any atom is 0.358 e. The highest BCUT2D eigenvalue weighted by molar-refractivity contribution is 6.43. The molecule has 18 heavy (non-hydrogen) atoms. The van der Waals surface area contributed by atoms with Crippen molar-refractivity contribution in [2.45, 2.75) is 6.92 Å². The van der Waals surface area contributed by atoms with E-state index in [2.05, 4.69) is 14.7 Å².